The van der Waals surface area contributed by atoms with E-state index in [2.05, 4.69) is 55.0 Å². The summed E-state index contributed by atoms with van der Waals surface area (Å²) < 4.78 is 0. The van der Waals surface area contributed by atoms with Crippen LogP contribution in [0.25, 0.3) is 0 Å². The van der Waals surface area contributed by atoms with Crippen molar-refractivity contribution in [2.75, 3.05) is 31.6 Å². The molecule has 2 unspecified atom stereocenters. The van der Waals surface area contributed by atoms with Gasteiger partial charge >= 0.3 is 0 Å². The van der Waals surface area contributed by atoms with Crippen LogP contribution in [0.4, 0.5) is 5.69 Å². The number of anilines is 1. The van der Waals surface area contributed by atoms with E-state index in [1.807, 2.05) is 0 Å². The molecule has 19 heavy (non-hydrogen) atoms. The summed E-state index contributed by atoms with van der Waals surface area (Å²) in [6.07, 6.45) is 2.15. The number of rotatable bonds is 4. The molecule has 0 radical (unpaired) electrons. The number of hydrogen-bond donors (Lipinski definition) is 1. The molecule has 0 bridgehead atoms. The third-order valence-corrected chi connectivity index (χ3v) is 4.12. The lowest BCUT2D eigenvalue weighted by Gasteiger charge is -2.47. The summed E-state index contributed by atoms with van der Waals surface area (Å²) in [6.45, 7) is 7.55. The lowest BCUT2D eigenvalue weighted by Crippen LogP contribution is -2.57. The van der Waals surface area contributed by atoms with E-state index in [0.29, 0.717) is 12.1 Å². The molecule has 1 saturated heterocycles. The maximum absolute atomic E-state index is 5.82. The lowest BCUT2D eigenvalue weighted by molar-refractivity contribution is 0.227. The number of para-hydroxylation sites is 1. The molecule has 2 atom stereocenters. The second-order valence-corrected chi connectivity index (χ2v) is 5.69. The molecule has 106 valence electrons. The summed E-state index contributed by atoms with van der Waals surface area (Å²) in [7, 11) is 2.21. The molecular formula is C16H27N3. The standard InChI is InChI=1S/C16H27N3/c1-4-14-7-5-6-8-16(14)19-13(2)11-18(3)12-15(19)9-10-17/h5-8,13,15H,4,9-12,17H2,1-3H3. The molecule has 1 aromatic rings. The molecular weight excluding hydrogens is 234 g/mol. The van der Waals surface area contributed by atoms with Crippen LogP contribution in [0.1, 0.15) is 25.8 Å². The smallest absolute Gasteiger partial charge is 0.0432 e. The first kappa shape index (κ1) is 14.4. The van der Waals surface area contributed by atoms with Crippen molar-refractivity contribution < 1.29 is 0 Å². The minimum absolute atomic E-state index is 0.534. The van der Waals surface area contributed by atoms with E-state index >= 15 is 0 Å². The van der Waals surface area contributed by atoms with Crippen LogP contribution in [-0.2, 0) is 6.42 Å². The van der Waals surface area contributed by atoms with Gasteiger partial charge < -0.3 is 15.5 Å². The van der Waals surface area contributed by atoms with Gasteiger partial charge in [-0.3, -0.25) is 0 Å². The quantitative estimate of drug-likeness (QED) is 0.901. The zero-order valence-electron chi connectivity index (χ0n) is 12.5. The van der Waals surface area contributed by atoms with E-state index in [4.69, 9.17) is 5.73 Å². The number of likely N-dealkylation sites (N-methyl/N-ethyl adjacent to an activating group) is 1. The Hall–Kier alpha value is -1.06. The molecule has 0 aromatic heterocycles. The molecule has 3 nitrogen and oxygen atoms in total. The predicted octanol–water partition coefficient (Wildman–Crippen LogP) is 2.11. The number of nitrogens with zero attached hydrogens (tertiary/aromatic N) is 2. The molecule has 2 N–H and O–H groups in total. The first-order valence-electron chi connectivity index (χ1n) is 7.42. The summed E-state index contributed by atoms with van der Waals surface area (Å²) in [5.41, 5.74) is 8.67. The number of hydrogen-bond acceptors (Lipinski definition) is 3. The number of benzene rings is 1. The van der Waals surface area contributed by atoms with E-state index in [0.717, 1.165) is 32.5 Å². The van der Waals surface area contributed by atoms with Gasteiger partial charge in [0, 0.05) is 30.9 Å². The van der Waals surface area contributed by atoms with Gasteiger partial charge in [-0.2, -0.15) is 0 Å². The van der Waals surface area contributed by atoms with Crippen LogP contribution in [0.3, 0.4) is 0 Å². The van der Waals surface area contributed by atoms with Crippen molar-refractivity contribution in [1.82, 2.24) is 4.90 Å². The molecule has 2 rings (SSSR count). The van der Waals surface area contributed by atoms with Gasteiger partial charge in [-0.05, 0) is 45.0 Å². The highest BCUT2D eigenvalue weighted by atomic mass is 15.3. The van der Waals surface area contributed by atoms with Crippen molar-refractivity contribution >= 4 is 5.69 Å². The fraction of sp³-hybridized carbons (Fsp3) is 0.625. The molecule has 0 amide bonds. The average Bonchev–Trinajstić information content (AvgIpc) is 2.39. The van der Waals surface area contributed by atoms with Gasteiger partial charge in [0.2, 0.25) is 0 Å². The minimum atomic E-state index is 0.534. The fourth-order valence-corrected chi connectivity index (χ4v) is 3.34. The van der Waals surface area contributed by atoms with Crippen molar-refractivity contribution in [1.29, 1.82) is 0 Å². The molecule has 3 heteroatoms. The summed E-state index contributed by atoms with van der Waals surface area (Å²) >= 11 is 0. The zero-order valence-corrected chi connectivity index (χ0v) is 12.5. The van der Waals surface area contributed by atoms with Gasteiger partial charge in [0.05, 0.1) is 0 Å². The monoisotopic (exact) mass is 261 g/mol. The van der Waals surface area contributed by atoms with Crippen LogP contribution in [0.2, 0.25) is 0 Å². The SMILES string of the molecule is CCc1ccccc1N1C(C)CN(C)CC1CCN. The number of piperazine rings is 1. The Bertz CT molecular complexity index is 405. The summed E-state index contributed by atoms with van der Waals surface area (Å²) in [6, 6.07) is 9.89. The van der Waals surface area contributed by atoms with Crippen LogP contribution in [-0.4, -0.2) is 43.7 Å². The Morgan fingerprint density at radius 2 is 2.00 bits per heavy atom. The van der Waals surface area contributed by atoms with E-state index in [1.165, 1.54) is 11.3 Å². The van der Waals surface area contributed by atoms with Crippen LogP contribution >= 0.6 is 0 Å². The summed E-state index contributed by atoms with van der Waals surface area (Å²) in [5.74, 6) is 0. The topological polar surface area (TPSA) is 32.5 Å². The molecule has 1 fully saturated rings. The van der Waals surface area contributed by atoms with Crippen LogP contribution in [0, 0.1) is 0 Å². The second kappa shape index (κ2) is 6.40. The second-order valence-electron chi connectivity index (χ2n) is 5.69. The van der Waals surface area contributed by atoms with E-state index in [-0.39, 0.29) is 0 Å². The average molecular weight is 261 g/mol. The molecule has 1 aliphatic heterocycles. The van der Waals surface area contributed by atoms with Crippen molar-refractivity contribution in [2.24, 2.45) is 5.73 Å². The fourth-order valence-electron chi connectivity index (χ4n) is 3.34. The first-order chi connectivity index (χ1) is 9.17. The molecule has 0 spiro atoms. The van der Waals surface area contributed by atoms with Crippen LogP contribution in [0.15, 0.2) is 24.3 Å². The Kier molecular flexibility index (Phi) is 4.83. The van der Waals surface area contributed by atoms with E-state index in [9.17, 15) is 0 Å². The van der Waals surface area contributed by atoms with Crippen LogP contribution < -0.4 is 10.6 Å². The maximum atomic E-state index is 5.82. The Morgan fingerprint density at radius 1 is 1.26 bits per heavy atom. The van der Waals surface area contributed by atoms with E-state index in [1.54, 1.807) is 0 Å². The molecule has 0 aliphatic carbocycles. The van der Waals surface area contributed by atoms with Gasteiger partial charge in [0.1, 0.15) is 0 Å². The van der Waals surface area contributed by atoms with Gasteiger partial charge in [-0.1, -0.05) is 25.1 Å². The summed E-state index contributed by atoms with van der Waals surface area (Å²) in [4.78, 5) is 5.03. The lowest BCUT2D eigenvalue weighted by atomic mass is 10.00. The zero-order chi connectivity index (χ0) is 13.8. The number of aryl methyl sites for hydroxylation is 1. The van der Waals surface area contributed by atoms with Crippen molar-refractivity contribution in [3.63, 3.8) is 0 Å². The highest BCUT2D eigenvalue weighted by Crippen LogP contribution is 2.29. The molecule has 0 saturated carbocycles. The van der Waals surface area contributed by atoms with Gasteiger partial charge in [-0.25, -0.2) is 0 Å². The maximum Gasteiger partial charge on any atom is 0.0432 e. The van der Waals surface area contributed by atoms with Gasteiger partial charge in [0.25, 0.3) is 0 Å². The molecule has 1 aliphatic rings. The van der Waals surface area contributed by atoms with E-state index < -0.39 is 0 Å². The highest BCUT2D eigenvalue weighted by molar-refractivity contribution is 5.56. The predicted molar refractivity (Wildman–Crippen MR) is 82.7 cm³/mol. The Balaban J connectivity index is 2.32. The van der Waals surface area contributed by atoms with Crippen molar-refractivity contribution in [3.8, 4) is 0 Å². The minimum Gasteiger partial charge on any atom is -0.363 e. The number of nitrogens with two attached hydrogens (primary N) is 1. The van der Waals surface area contributed by atoms with Gasteiger partial charge in [0.15, 0.2) is 0 Å². The third-order valence-electron chi connectivity index (χ3n) is 4.12. The first-order valence-corrected chi connectivity index (χ1v) is 7.42. The Morgan fingerprint density at radius 3 is 2.68 bits per heavy atom. The summed E-state index contributed by atoms with van der Waals surface area (Å²) in [5, 5.41) is 0. The molecule has 1 aromatic carbocycles. The van der Waals surface area contributed by atoms with Gasteiger partial charge in [-0.15, -0.1) is 0 Å². The van der Waals surface area contributed by atoms with Crippen LogP contribution in [0.5, 0.6) is 0 Å². The molecule has 1 heterocycles. The van der Waals surface area contributed by atoms with Crippen molar-refractivity contribution in [3.05, 3.63) is 29.8 Å². The highest BCUT2D eigenvalue weighted by Gasteiger charge is 2.30. The normalized spacial score (nSPS) is 24.7. The third kappa shape index (κ3) is 3.10. The largest absolute Gasteiger partial charge is 0.363 e. The Labute approximate surface area is 117 Å². The van der Waals surface area contributed by atoms with Crippen molar-refractivity contribution in [2.45, 2.75) is 38.8 Å².